The largest absolute Gasteiger partial charge is 0.465 e. The predicted octanol–water partition coefficient (Wildman–Crippen LogP) is 4.48. The molecule has 1 aliphatic rings. The Kier molecular flexibility index (Phi) is 5.58. The van der Waals surface area contributed by atoms with Crippen LogP contribution < -0.4 is 10.6 Å². The van der Waals surface area contributed by atoms with Gasteiger partial charge in [-0.1, -0.05) is 6.92 Å². The van der Waals surface area contributed by atoms with E-state index in [2.05, 4.69) is 22.5 Å². The van der Waals surface area contributed by atoms with Crippen molar-refractivity contribution in [1.82, 2.24) is 4.98 Å². The minimum Gasteiger partial charge on any atom is -0.465 e. The van der Waals surface area contributed by atoms with Crippen LogP contribution in [0.3, 0.4) is 0 Å². The number of carbonyl (C=O) groups excluding carboxylic acids is 1. The average molecular weight is 390 g/mol. The fraction of sp³-hybridized carbons (Fsp3) is 0.421. The Bertz CT molecular complexity index is 840. The van der Waals surface area contributed by atoms with Crippen molar-refractivity contribution in [1.29, 1.82) is 0 Å². The van der Waals surface area contributed by atoms with E-state index >= 15 is 0 Å². The third kappa shape index (κ3) is 4.04. The number of fused-ring (bicyclic) bond motifs is 1. The first-order valence-corrected chi connectivity index (χ1v) is 9.86. The molecule has 7 heteroatoms. The zero-order valence-corrected chi connectivity index (χ0v) is 17.1. The lowest BCUT2D eigenvalue weighted by atomic mass is 9.88. The molecule has 1 aliphatic carbocycles. The van der Waals surface area contributed by atoms with Gasteiger partial charge in [0.25, 0.3) is 0 Å². The first-order valence-electron chi connectivity index (χ1n) is 8.63. The molecule has 2 heterocycles. The lowest BCUT2D eigenvalue weighted by molar-refractivity contribution is 0.0601. The summed E-state index contributed by atoms with van der Waals surface area (Å²) in [5.74, 6) is 1.01. The lowest BCUT2D eigenvalue weighted by Gasteiger charge is -2.18. The van der Waals surface area contributed by atoms with Gasteiger partial charge in [0, 0.05) is 10.6 Å². The van der Waals surface area contributed by atoms with E-state index in [1.807, 2.05) is 26.0 Å². The van der Waals surface area contributed by atoms with Crippen LogP contribution in [0.2, 0.25) is 0 Å². The van der Waals surface area contributed by atoms with E-state index < -0.39 is 0 Å². The summed E-state index contributed by atoms with van der Waals surface area (Å²) in [6.45, 7) is 6.20. The van der Waals surface area contributed by atoms with Gasteiger partial charge < -0.3 is 15.4 Å². The van der Waals surface area contributed by atoms with Crippen LogP contribution in [0.15, 0.2) is 12.1 Å². The summed E-state index contributed by atoms with van der Waals surface area (Å²) in [5, 5.41) is 7.46. The molecule has 3 rings (SSSR count). The van der Waals surface area contributed by atoms with E-state index in [1.165, 1.54) is 12.0 Å². The van der Waals surface area contributed by atoms with Crippen LogP contribution >= 0.6 is 23.6 Å². The summed E-state index contributed by atoms with van der Waals surface area (Å²) in [4.78, 5) is 18.0. The van der Waals surface area contributed by atoms with E-state index in [1.54, 1.807) is 11.3 Å². The summed E-state index contributed by atoms with van der Waals surface area (Å²) in [5.41, 5.74) is 3.76. The number of methoxy groups -OCH3 is 1. The highest BCUT2D eigenvalue weighted by molar-refractivity contribution is 7.80. The standard InChI is InChI=1S/C19H23N3O2S2/c1-10-5-6-13-14(8-10)26-17(16(13)18(23)24-4)22-19(25)21-15-9-11(2)7-12(3)20-15/h7,9-10H,5-6,8H2,1-4H3,(H2,20,21,22,25). The second-order valence-corrected chi connectivity index (χ2v) is 8.31. The van der Waals surface area contributed by atoms with Crippen molar-refractivity contribution < 1.29 is 9.53 Å². The zero-order valence-electron chi connectivity index (χ0n) is 15.4. The van der Waals surface area contributed by atoms with Crippen LogP contribution in [0.25, 0.3) is 0 Å². The minimum absolute atomic E-state index is 0.313. The number of hydrogen-bond donors (Lipinski definition) is 2. The Morgan fingerprint density at radius 1 is 1.35 bits per heavy atom. The zero-order chi connectivity index (χ0) is 18.8. The van der Waals surface area contributed by atoms with Gasteiger partial charge in [-0.15, -0.1) is 11.3 Å². The fourth-order valence-corrected chi connectivity index (χ4v) is 4.99. The van der Waals surface area contributed by atoms with Crippen LogP contribution in [0, 0.1) is 19.8 Å². The van der Waals surface area contributed by atoms with Crippen LogP contribution in [0.5, 0.6) is 0 Å². The maximum Gasteiger partial charge on any atom is 0.341 e. The number of carbonyl (C=O) groups is 1. The number of nitrogens with one attached hydrogen (secondary N) is 2. The molecule has 1 unspecified atom stereocenters. The Balaban J connectivity index is 1.84. The van der Waals surface area contributed by atoms with Gasteiger partial charge in [-0.3, -0.25) is 0 Å². The van der Waals surface area contributed by atoms with Gasteiger partial charge in [-0.25, -0.2) is 9.78 Å². The number of anilines is 2. The lowest BCUT2D eigenvalue weighted by Crippen LogP contribution is -2.21. The maximum atomic E-state index is 12.3. The summed E-state index contributed by atoms with van der Waals surface area (Å²) in [6.07, 6.45) is 2.98. The van der Waals surface area contributed by atoms with E-state index in [0.29, 0.717) is 22.4 Å². The smallest absolute Gasteiger partial charge is 0.341 e. The Morgan fingerprint density at radius 3 is 2.81 bits per heavy atom. The number of ether oxygens (including phenoxy) is 1. The molecule has 2 aromatic heterocycles. The predicted molar refractivity (Wildman–Crippen MR) is 110 cm³/mol. The molecule has 26 heavy (non-hydrogen) atoms. The molecule has 0 radical (unpaired) electrons. The highest BCUT2D eigenvalue weighted by atomic mass is 32.1. The van der Waals surface area contributed by atoms with Crippen LogP contribution in [0.4, 0.5) is 10.8 Å². The van der Waals surface area contributed by atoms with Gasteiger partial charge in [-0.05, 0) is 74.5 Å². The third-order valence-electron chi connectivity index (χ3n) is 4.47. The number of aromatic nitrogens is 1. The van der Waals surface area contributed by atoms with E-state index in [9.17, 15) is 4.79 Å². The van der Waals surface area contributed by atoms with E-state index in [-0.39, 0.29) is 5.97 Å². The second kappa shape index (κ2) is 7.72. The number of thiophene rings is 1. The molecular formula is C19H23N3O2S2. The Hall–Kier alpha value is -1.99. The Labute approximate surface area is 163 Å². The molecule has 0 aromatic carbocycles. The van der Waals surface area contributed by atoms with Gasteiger partial charge >= 0.3 is 5.97 Å². The third-order valence-corrected chi connectivity index (χ3v) is 5.84. The first-order chi connectivity index (χ1) is 12.4. The number of nitrogens with zero attached hydrogens (tertiary/aromatic N) is 1. The molecule has 1 atom stereocenters. The van der Waals surface area contributed by atoms with Gasteiger partial charge in [-0.2, -0.15) is 0 Å². The van der Waals surface area contributed by atoms with Crippen molar-refractivity contribution >= 4 is 45.5 Å². The molecule has 138 valence electrons. The minimum atomic E-state index is -0.313. The number of hydrogen-bond acceptors (Lipinski definition) is 5. The van der Waals surface area contributed by atoms with E-state index in [0.717, 1.165) is 41.1 Å². The topological polar surface area (TPSA) is 63.2 Å². The molecule has 0 spiro atoms. The average Bonchev–Trinajstić information content (AvgIpc) is 2.89. The molecule has 5 nitrogen and oxygen atoms in total. The Morgan fingerprint density at radius 2 is 2.12 bits per heavy atom. The summed E-state index contributed by atoms with van der Waals surface area (Å²) < 4.78 is 5.01. The quantitative estimate of drug-likeness (QED) is 0.596. The van der Waals surface area contributed by atoms with Crippen molar-refractivity contribution in [3.05, 3.63) is 39.4 Å². The van der Waals surface area contributed by atoms with Crippen LogP contribution in [0.1, 0.15) is 45.4 Å². The number of esters is 1. The second-order valence-electron chi connectivity index (χ2n) is 6.80. The van der Waals surface area contributed by atoms with Crippen molar-refractivity contribution in [2.45, 2.75) is 40.0 Å². The van der Waals surface area contributed by atoms with Crippen molar-refractivity contribution in [2.24, 2.45) is 5.92 Å². The number of rotatable bonds is 3. The van der Waals surface area contributed by atoms with Gasteiger partial charge in [0.1, 0.15) is 10.8 Å². The molecule has 0 saturated carbocycles. The molecular weight excluding hydrogens is 366 g/mol. The normalized spacial score (nSPS) is 15.9. The van der Waals surface area contributed by atoms with E-state index in [4.69, 9.17) is 17.0 Å². The highest BCUT2D eigenvalue weighted by Gasteiger charge is 2.28. The summed E-state index contributed by atoms with van der Waals surface area (Å²) in [7, 11) is 1.41. The molecule has 0 amide bonds. The van der Waals surface area contributed by atoms with Crippen molar-refractivity contribution in [2.75, 3.05) is 17.7 Å². The SMILES string of the molecule is COC(=O)c1c(NC(=S)Nc2cc(C)cc(C)n2)sc2c1CCC(C)C2. The first kappa shape index (κ1) is 18.8. The highest BCUT2D eigenvalue weighted by Crippen LogP contribution is 2.40. The molecule has 0 bridgehead atoms. The summed E-state index contributed by atoms with van der Waals surface area (Å²) in [6, 6.07) is 3.94. The number of thiocarbonyl (C=S) groups is 1. The molecule has 0 fully saturated rings. The van der Waals surface area contributed by atoms with Gasteiger partial charge in [0.05, 0.1) is 12.7 Å². The van der Waals surface area contributed by atoms with Crippen LogP contribution in [-0.2, 0) is 17.6 Å². The van der Waals surface area contributed by atoms with Crippen molar-refractivity contribution in [3.8, 4) is 0 Å². The summed E-state index contributed by atoms with van der Waals surface area (Å²) >= 11 is 7.04. The molecule has 2 N–H and O–H groups in total. The van der Waals surface area contributed by atoms with Gasteiger partial charge in [0.2, 0.25) is 0 Å². The molecule has 2 aromatic rings. The fourth-order valence-electron chi connectivity index (χ4n) is 3.31. The van der Waals surface area contributed by atoms with Gasteiger partial charge in [0.15, 0.2) is 5.11 Å². The number of aryl methyl sites for hydroxylation is 2. The number of pyridine rings is 1. The molecule has 0 aliphatic heterocycles. The maximum absolute atomic E-state index is 12.3. The van der Waals surface area contributed by atoms with Crippen LogP contribution in [-0.4, -0.2) is 23.2 Å². The monoisotopic (exact) mass is 389 g/mol. The van der Waals surface area contributed by atoms with Crippen molar-refractivity contribution in [3.63, 3.8) is 0 Å². The molecule has 0 saturated heterocycles.